The Morgan fingerprint density at radius 2 is 2.07 bits per heavy atom. The predicted molar refractivity (Wildman–Crippen MR) is 119 cm³/mol. The molecule has 1 aliphatic rings. The fourth-order valence-corrected chi connectivity index (χ4v) is 2.96. The van der Waals surface area contributed by atoms with Crippen molar-refractivity contribution < 1.29 is 9.59 Å². The number of rotatable bonds is 6. The molecule has 150 valence electrons. The van der Waals surface area contributed by atoms with Gasteiger partial charge in [0.2, 0.25) is 11.8 Å². The Morgan fingerprint density at radius 3 is 2.74 bits per heavy atom. The number of hydrogen-bond acceptors (Lipinski definition) is 3. The average molecular weight is 487 g/mol. The minimum atomic E-state index is -0.0897. The standard InChI is InChI=1S/C19H29N5O2.HI/c1-4-18(26)24-10-9-17(13-24)23-19(20-5-2)21-12-15-7-6-8-16(11-15)22-14(3)25;/h6-8,11,17H,4-5,9-10,12-13H2,1-3H3,(H,22,25)(H2,20,21,23);1H. The van der Waals surface area contributed by atoms with Crippen molar-refractivity contribution in [3.05, 3.63) is 29.8 Å². The van der Waals surface area contributed by atoms with E-state index in [1.807, 2.05) is 43.0 Å². The lowest BCUT2D eigenvalue weighted by Gasteiger charge is -2.18. The smallest absolute Gasteiger partial charge is 0.222 e. The third-order valence-corrected chi connectivity index (χ3v) is 4.20. The van der Waals surface area contributed by atoms with Gasteiger partial charge >= 0.3 is 0 Å². The van der Waals surface area contributed by atoms with Gasteiger partial charge in [-0.25, -0.2) is 4.99 Å². The van der Waals surface area contributed by atoms with Crippen LogP contribution in [0.1, 0.15) is 39.2 Å². The summed E-state index contributed by atoms with van der Waals surface area (Å²) >= 11 is 0. The molecule has 27 heavy (non-hydrogen) atoms. The van der Waals surface area contributed by atoms with Crippen molar-refractivity contribution in [1.29, 1.82) is 0 Å². The molecule has 0 saturated carbocycles. The summed E-state index contributed by atoms with van der Waals surface area (Å²) in [4.78, 5) is 29.5. The van der Waals surface area contributed by atoms with Crippen LogP contribution in [0.5, 0.6) is 0 Å². The van der Waals surface area contributed by atoms with E-state index in [1.54, 1.807) is 0 Å². The van der Waals surface area contributed by atoms with E-state index < -0.39 is 0 Å². The number of halogens is 1. The maximum Gasteiger partial charge on any atom is 0.222 e. The lowest BCUT2D eigenvalue weighted by Crippen LogP contribution is -2.45. The molecule has 1 saturated heterocycles. The van der Waals surface area contributed by atoms with Crippen LogP contribution in [0.2, 0.25) is 0 Å². The fraction of sp³-hybridized carbons (Fsp3) is 0.526. The van der Waals surface area contributed by atoms with E-state index in [9.17, 15) is 9.59 Å². The number of nitrogens with one attached hydrogen (secondary N) is 3. The van der Waals surface area contributed by atoms with E-state index in [4.69, 9.17) is 0 Å². The second kappa shape index (κ2) is 11.8. The van der Waals surface area contributed by atoms with Crippen molar-refractivity contribution in [3.8, 4) is 0 Å². The van der Waals surface area contributed by atoms with Crippen molar-refractivity contribution in [2.24, 2.45) is 4.99 Å². The quantitative estimate of drug-likeness (QED) is 0.327. The molecule has 1 aromatic carbocycles. The van der Waals surface area contributed by atoms with Gasteiger partial charge < -0.3 is 20.9 Å². The van der Waals surface area contributed by atoms with E-state index in [1.165, 1.54) is 6.92 Å². The maximum atomic E-state index is 11.8. The summed E-state index contributed by atoms with van der Waals surface area (Å²) in [5.74, 6) is 0.854. The molecule has 1 unspecified atom stereocenters. The highest BCUT2D eigenvalue weighted by atomic mass is 127. The number of hydrogen-bond donors (Lipinski definition) is 3. The molecule has 1 aliphatic heterocycles. The molecule has 0 aromatic heterocycles. The van der Waals surface area contributed by atoms with Crippen LogP contribution in [0.4, 0.5) is 5.69 Å². The lowest BCUT2D eigenvalue weighted by atomic mass is 10.2. The molecule has 0 radical (unpaired) electrons. The highest BCUT2D eigenvalue weighted by Crippen LogP contribution is 2.12. The first-order chi connectivity index (χ1) is 12.5. The molecular weight excluding hydrogens is 457 g/mol. The normalized spacial score (nSPS) is 16.5. The van der Waals surface area contributed by atoms with Crippen LogP contribution in [0.25, 0.3) is 0 Å². The minimum absolute atomic E-state index is 0. The van der Waals surface area contributed by atoms with Gasteiger partial charge in [0.05, 0.1) is 6.54 Å². The van der Waals surface area contributed by atoms with Gasteiger partial charge in [-0.1, -0.05) is 19.1 Å². The zero-order chi connectivity index (χ0) is 18.9. The van der Waals surface area contributed by atoms with Crippen molar-refractivity contribution in [3.63, 3.8) is 0 Å². The molecule has 1 aromatic rings. The molecule has 1 atom stereocenters. The molecule has 8 heteroatoms. The first-order valence-electron chi connectivity index (χ1n) is 9.21. The van der Waals surface area contributed by atoms with Crippen LogP contribution in [0, 0.1) is 0 Å². The van der Waals surface area contributed by atoms with Crippen LogP contribution in [0.15, 0.2) is 29.3 Å². The van der Waals surface area contributed by atoms with Crippen LogP contribution < -0.4 is 16.0 Å². The number of likely N-dealkylation sites (tertiary alicyclic amines) is 1. The van der Waals surface area contributed by atoms with E-state index in [0.29, 0.717) is 13.0 Å². The van der Waals surface area contributed by atoms with Crippen LogP contribution in [0.3, 0.4) is 0 Å². The lowest BCUT2D eigenvalue weighted by molar-refractivity contribution is -0.129. The van der Waals surface area contributed by atoms with Crippen LogP contribution >= 0.6 is 24.0 Å². The van der Waals surface area contributed by atoms with Crippen molar-refractivity contribution >= 4 is 47.4 Å². The zero-order valence-corrected chi connectivity index (χ0v) is 18.6. The van der Waals surface area contributed by atoms with E-state index in [-0.39, 0.29) is 41.8 Å². The van der Waals surface area contributed by atoms with E-state index >= 15 is 0 Å². The third-order valence-electron chi connectivity index (χ3n) is 4.20. The summed E-state index contributed by atoms with van der Waals surface area (Å²) in [5.41, 5.74) is 1.79. The van der Waals surface area contributed by atoms with Crippen molar-refractivity contribution in [1.82, 2.24) is 15.5 Å². The molecule has 2 amide bonds. The molecular formula is C19H30IN5O2. The molecule has 3 N–H and O–H groups in total. The molecule has 0 spiro atoms. The monoisotopic (exact) mass is 487 g/mol. The molecule has 1 heterocycles. The zero-order valence-electron chi connectivity index (χ0n) is 16.2. The summed E-state index contributed by atoms with van der Waals surface area (Å²) in [5, 5.41) is 9.45. The maximum absolute atomic E-state index is 11.8. The Morgan fingerprint density at radius 1 is 1.30 bits per heavy atom. The summed E-state index contributed by atoms with van der Waals surface area (Å²) < 4.78 is 0. The van der Waals surface area contributed by atoms with Gasteiger partial charge in [-0.15, -0.1) is 24.0 Å². The molecule has 0 bridgehead atoms. The summed E-state index contributed by atoms with van der Waals surface area (Å²) in [6.45, 7) is 8.19. The average Bonchev–Trinajstić information content (AvgIpc) is 3.07. The van der Waals surface area contributed by atoms with Gasteiger partial charge in [-0.05, 0) is 31.0 Å². The van der Waals surface area contributed by atoms with Crippen molar-refractivity contribution in [2.45, 2.75) is 46.2 Å². The Hall–Kier alpha value is -1.84. The van der Waals surface area contributed by atoms with Crippen LogP contribution in [-0.4, -0.2) is 48.3 Å². The summed E-state index contributed by atoms with van der Waals surface area (Å²) in [7, 11) is 0. The summed E-state index contributed by atoms with van der Waals surface area (Å²) in [6, 6.07) is 7.88. The predicted octanol–water partition coefficient (Wildman–Crippen LogP) is 2.33. The van der Waals surface area contributed by atoms with E-state index in [2.05, 4.69) is 20.9 Å². The number of carbonyl (C=O) groups is 2. The Labute approximate surface area is 178 Å². The number of aliphatic imine (C=N–C) groups is 1. The van der Waals surface area contributed by atoms with Gasteiger partial charge in [0.1, 0.15) is 0 Å². The SMILES string of the molecule is CCNC(=NCc1cccc(NC(C)=O)c1)NC1CCN(C(=O)CC)C1.I. The Balaban J connectivity index is 0.00000364. The van der Waals surface area contributed by atoms with Gasteiger partial charge in [-0.3, -0.25) is 9.59 Å². The largest absolute Gasteiger partial charge is 0.357 e. The van der Waals surface area contributed by atoms with Crippen LogP contribution in [-0.2, 0) is 16.1 Å². The number of benzene rings is 1. The first kappa shape index (κ1) is 23.2. The highest BCUT2D eigenvalue weighted by molar-refractivity contribution is 14.0. The fourth-order valence-electron chi connectivity index (χ4n) is 2.96. The Bertz CT molecular complexity index is 665. The minimum Gasteiger partial charge on any atom is -0.357 e. The number of anilines is 1. The van der Waals surface area contributed by atoms with Gasteiger partial charge in [0.15, 0.2) is 5.96 Å². The number of amides is 2. The van der Waals surface area contributed by atoms with Gasteiger partial charge in [0, 0.05) is 44.7 Å². The summed E-state index contributed by atoms with van der Waals surface area (Å²) in [6.07, 6.45) is 1.47. The Kier molecular flexibility index (Phi) is 10.1. The molecule has 0 aliphatic carbocycles. The van der Waals surface area contributed by atoms with Gasteiger partial charge in [0.25, 0.3) is 0 Å². The molecule has 7 nitrogen and oxygen atoms in total. The van der Waals surface area contributed by atoms with E-state index in [0.717, 1.165) is 43.3 Å². The second-order valence-corrected chi connectivity index (χ2v) is 6.40. The first-order valence-corrected chi connectivity index (χ1v) is 9.21. The number of guanidine groups is 1. The molecule has 2 rings (SSSR count). The molecule has 1 fully saturated rings. The topological polar surface area (TPSA) is 85.8 Å². The van der Waals surface area contributed by atoms with Gasteiger partial charge in [-0.2, -0.15) is 0 Å². The van der Waals surface area contributed by atoms with Crippen molar-refractivity contribution in [2.75, 3.05) is 25.0 Å². The second-order valence-electron chi connectivity index (χ2n) is 6.40. The highest BCUT2D eigenvalue weighted by Gasteiger charge is 2.25. The number of nitrogens with zero attached hydrogens (tertiary/aromatic N) is 2. The number of carbonyl (C=O) groups excluding carboxylic acids is 2. The third kappa shape index (κ3) is 7.74.